The average Bonchev–Trinajstić information content (AvgIpc) is 3.01. The number of carbonyl (C=O) groups is 1. The lowest BCUT2D eigenvalue weighted by molar-refractivity contribution is 0.101. The lowest BCUT2D eigenvalue weighted by Gasteiger charge is -2.08. The van der Waals surface area contributed by atoms with Crippen LogP contribution in [0, 0.1) is 10.5 Å². The molecule has 0 saturated heterocycles. The zero-order valence-electron chi connectivity index (χ0n) is 13.9. The van der Waals surface area contributed by atoms with Crippen molar-refractivity contribution in [2.75, 3.05) is 12.4 Å². The van der Waals surface area contributed by atoms with E-state index in [4.69, 9.17) is 4.74 Å². The molecule has 2 aromatic carbocycles. The summed E-state index contributed by atoms with van der Waals surface area (Å²) in [6, 6.07) is 15.4. The molecule has 1 amide bonds. The first-order valence-corrected chi connectivity index (χ1v) is 8.74. The van der Waals surface area contributed by atoms with Gasteiger partial charge in [0.2, 0.25) is 0 Å². The Balaban J connectivity index is 1.93. The summed E-state index contributed by atoms with van der Waals surface area (Å²) >= 11 is 2.22. The monoisotopic (exact) mass is 448 g/mol. The number of ether oxygens (including phenoxy) is 1. The van der Waals surface area contributed by atoms with Crippen molar-refractivity contribution < 1.29 is 9.53 Å². The van der Waals surface area contributed by atoms with E-state index >= 15 is 0 Å². The maximum Gasteiger partial charge on any atom is 0.278 e. The summed E-state index contributed by atoms with van der Waals surface area (Å²) in [6.45, 7) is 2.23. The van der Waals surface area contributed by atoms with Gasteiger partial charge in [-0.3, -0.25) is 4.79 Å². The number of aromatic nitrogens is 3. The van der Waals surface area contributed by atoms with E-state index in [9.17, 15) is 4.79 Å². The third kappa shape index (κ3) is 4.05. The quantitative estimate of drug-likeness (QED) is 0.606. The Morgan fingerprint density at radius 3 is 2.68 bits per heavy atom. The number of halogens is 1. The average molecular weight is 448 g/mol. The van der Waals surface area contributed by atoms with Crippen LogP contribution >= 0.6 is 22.6 Å². The van der Waals surface area contributed by atoms with Crippen LogP contribution in [0.4, 0.5) is 5.69 Å². The topological polar surface area (TPSA) is 69.0 Å². The molecule has 0 aliphatic carbocycles. The Bertz CT molecular complexity index is 890. The number of nitrogens with one attached hydrogen (secondary N) is 1. The van der Waals surface area contributed by atoms with Crippen LogP contribution < -0.4 is 5.32 Å². The highest BCUT2D eigenvalue weighted by Gasteiger charge is 2.20. The van der Waals surface area contributed by atoms with Crippen molar-refractivity contribution >= 4 is 34.2 Å². The fourth-order valence-electron chi connectivity index (χ4n) is 2.43. The number of hydrogen-bond acceptors (Lipinski definition) is 4. The SMILES string of the molecule is COCc1c(C(=O)Nc2ccc(I)cc2)nnn1-c1cccc(C)c1. The van der Waals surface area contributed by atoms with Gasteiger partial charge in [-0.15, -0.1) is 5.10 Å². The minimum Gasteiger partial charge on any atom is -0.378 e. The molecule has 3 aromatic rings. The normalized spacial score (nSPS) is 10.7. The minimum absolute atomic E-state index is 0.233. The zero-order chi connectivity index (χ0) is 17.8. The fraction of sp³-hybridized carbons (Fsp3) is 0.167. The van der Waals surface area contributed by atoms with Crippen LogP contribution in [0.1, 0.15) is 21.7 Å². The molecular weight excluding hydrogens is 431 g/mol. The van der Waals surface area contributed by atoms with E-state index in [-0.39, 0.29) is 18.2 Å². The predicted molar refractivity (Wildman–Crippen MR) is 104 cm³/mol. The summed E-state index contributed by atoms with van der Waals surface area (Å²) < 4.78 is 7.99. The smallest absolute Gasteiger partial charge is 0.278 e. The van der Waals surface area contributed by atoms with Crippen LogP contribution in [0.2, 0.25) is 0 Å². The molecule has 1 heterocycles. The second-order valence-electron chi connectivity index (χ2n) is 5.53. The maximum atomic E-state index is 12.6. The van der Waals surface area contributed by atoms with Gasteiger partial charge in [-0.2, -0.15) is 0 Å². The van der Waals surface area contributed by atoms with Gasteiger partial charge in [0.15, 0.2) is 5.69 Å². The molecule has 0 radical (unpaired) electrons. The molecular formula is C18H17IN4O2. The molecule has 3 rings (SSSR count). The highest BCUT2D eigenvalue weighted by molar-refractivity contribution is 14.1. The van der Waals surface area contributed by atoms with E-state index in [0.29, 0.717) is 11.4 Å². The van der Waals surface area contributed by atoms with Gasteiger partial charge >= 0.3 is 0 Å². The van der Waals surface area contributed by atoms with Crippen LogP contribution in [0.15, 0.2) is 48.5 Å². The highest BCUT2D eigenvalue weighted by atomic mass is 127. The van der Waals surface area contributed by atoms with Crippen LogP contribution in [-0.4, -0.2) is 28.0 Å². The first-order chi connectivity index (χ1) is 12.1. The molecule has 0 fully saturated rings. The Labute approximate surface area is 159 Å². The maximum absolute atomic E-state index is 12.6. The van der Waals surface area contributed by atoms with Crippen molar-refractivity contribution in [2.45, 2.75) is 13.5 Å². The molecule has 128 valence electrons. The van der Waals surface area contributed by atoms with E-state index in [1.54, 1.807) is 11.8 Å². The molecule has 0 atom stereocenters. The van der Waals surface area contributed by atoms with Crippen molar-refractivity contribution in [3.05, 3.63) is 69.1 Å². The molecule has 1 aromatic heterocycles. The molecule has 1 N–H and O–H groups in total. The third-order valence-electron chi connectivity index (χ3n) is 3.61. The van der Waals surface area contributed by atoms with Gasteiger partial charge in [-0.05, 0) is 71.5 Å². The number of amides is 1. The lowest BCUT2D eigenvalue weighted by atomic mass is 10.2. The molecule has 6 nitrogen and oxygen atoms in total. The Hall–Kier alpha value is -2.26. The Kier molecular flexibility index (Phi) is 5.44. The fourth-order valence-corrected chi connectivity index (χ4v) is 2.79. The van der Waals surface area contributed by atoms with Gasteiger partial charge in [0, 0.05) is 16.4 Å². The third-order valence-corrected chi connectivity index (χ3v) is 4.33. The van der Waals surface area contributed by atoms with E-state index in [1.807, 2.05) is 55.5 Å². The first-order valence-electron chi connectivity index (χ1n) is 7.66. The van der Waals surface area contributed by atoms with Crippen LogP contribution in [-0.2, 0) is 11.3 Å². The number of anilines is 1. The van der Waals surface area contributed by atoms with Crippen molar-refractivity contribution in [2.24, 2.45) is 0 Å². The molecule has 0 aliphatic heterocycles. The van der Waals surface area contributed by atoms with Gasteiger partial charge in [0.1, 0.15) is 5.69 Å². The number of rotatable bonds is 5. The van der Waals surface area contributed by atoms with Crippen molar-refractivity contribution in [1.29, 1.82) is 0 Å². The van der Waals surface area contributed by atoms with E-state index in [2.05, 4.69) is 38.2 Å². The number of nitrogens with zero attached hydrogens (tertiary/aromatic N) is 3. The van der Waals surface area contributed by atoms with E-state index < -0.39 is 0 Å². The second-order valence-corrected chi connectivity index (χ2v) is 6.78. The van der Waals surface area contributed by atoms with Crippen LogP contribution in [0.5, 0.6) is 0 Å². The van der Waals surface area contributed by atoms with Crippen LogP contribution in [0.3, 0.4) is 0 Å². The number of methoxy groups -OCH3 is 1. The van der Waals surface area contributed by atoms with Gasteiger partial charge < -0.3 is 10.1 Å². The second kappa shape index (κ2) is 7.75. The summed E-state index contributed by atoms with van der Waals surface area (Å²) in [4.78, 5) is 12.6. The number of carbonyl (C=O) groups excluding carboxylic acids is 1. The first kappa shape index (κ1) is 17.6. The predicted octanol–water partition coefficient (Wildman–Crippen LogP) is 3.58. The number of benzene rings is 2. The minimum atomic E-state index is -0.313. The molecule has 0 aliphatic rings. The highest BCUT2D eigenvalue weighted by Crippen LogP contribution is 2.17. The molecule has 25 heavy (non-hydrogen) atoms. The molecule has 0 spiro atoms. The zero-order valence-corrected chi connectivity index (χ0v) is 16.0. The molecule has 0 unspecified atom stereocenters. The van der Waals surface area contributed by atoms with E-state index in [0.717, 1.165) is 14.8 Å². The Morgan fingerprint density at radius 1 is 1.24 bits per heavy atom. The molecule has 0 saturated carbocycles. The van der Waals surface area contributed by atoms with Crippen molar-refractivity contribution in [1.82, 2.24) is 15.0 Å². The largest absolute Gasteiger partial charge is 0.378 e. The number of hydrogen-bond donors (Lipinski definition) is 1. The van der Waals surface area contributed by atoms with Gasteiger partial charge in [0.05, 0.1) is 12.3 Å². The van der Waals surface area contributed by atoms with Gasteiger partial charge in [-0.25, -0.2) is 4.68 Å². The van der Waals surface area contributed by atoms with Crippen molar-refractivity contribution in [3.8, 4) is 5.69 Å². The summed E-state index contributed by atoms with van der Waals surface area (Å²) in [5.74, 6) is -0.313. The molecule has 0 bridgehead atoms. The van der Waals surface area contributed by atoms with Crippen LogP contribution in [0.25, 0.3) is 5.69 Å². The van der Waals surface area contributed by atoms with Gasteiger partial charge in [-0.1, -0.05) is 17.3 Å². The van der Waals surface area contributed by atoms with E-state index in [1.165, 1.54) is 0 Å². The molecule has 7 heteroatoms. The summed E-state index contributed by atoms with van der Waals surface area (Å²) in [7, 11) is 1.58. The Morgan fingerprint density at radius 2 is 2.00 bits per heavy atom. The standard InChI is InChI=1S/C18H17IN4O2/c1-12-4-3-5-15(10-12)23-16(11-25-2)17(21-22-23)18(24)20-14-8-6-13(19)7-9-14/h3-10H,11H2,1-2H3,(H,20,24). The van der Waals surface area contributed by atoms with Crippen molar-refractivity contribution in [3.63, 3.8) is 0 Å². The summed E-state index contributed by atoms with van der Waals surface area (Å²) in [6.07, 6.45) is 0. The number of aryl methyl sites for hydroxylation is 1. The van der Waals surface area contributed by atoms with Gasteiger partial charge in [0.25, 0.3) is 5.91 Å². The lowest BCUT2D eigenvalue weighted by Crippen LogP contribution is -2.16. The summed E-state index contributed by atoms with van der Waals surface area (Å²) in [5, 5.41) is 11.1. The summed E-state index contributed by atoms with van der Waals surface area (Å²) in [5.41, 5.74) is 3.51.